The van der Waals surface area contributed by atoms with Gasteiger partial charge in [0.25, 0.3) is 5.56 Å². The van der Waals surface area contributed by atoms with Gasteiger partial charge in [0.15, 0.2) is 12.0 Å². The number of rotatable bonds is 2. The highest BCUT2D eigenvalue weighted by molar-refractivity contribution is 5.86. The van der Waals surface area contributed by atoms with E-state index < -0.39 is 5.82 Å². The number of aromatic nitrogens is 1. The summed E-state index contributed by atoms with van der Waals surface area (Å²) in [5.41, 5.74) is 0.233. The number of aldehydes is 1. The van der Waals surface area contributed by atoms with Crippen molar-refractivity contribution in [1.29, 1.82) is 0 Å². The lowest BCUT2D eigenvalue weighted by Crippen LogP contribution is -2.06. The zero-order valence-corrected chi connectivity index (χ0v) is 9.64. The number of fused-ring (bicyclic) bond motifs is 1. The molecule has 4 nitrogen and oxygen atoms in total. The van der Waals surface area contributed by atoms with Gasteiger partial charge in [-0.1, -0.05) is 12.1 Å². The molecule has 0 bridgehead atoms. The first-order valence-corrected chi connectivity index (χ1v) is 5.55. The first-order chi connectivity index (χ1) is 9.19. The maximum absolute atomic E-state index is 13.5. The maximum atomic E-state index is 13.5. The van der Waals surface area contributed by atoms with E-state index in [4.69, 9.17) is 4.42 Å². The van der Waals surface area contributed by atoms with Gasteiger partial charge in [-0.05, 0) is 18.2 Å². The second kappa shape index (κ2) is 4.20. The number of aromatic amines is 1. The molecule has 0 saturated carbocycles. The molecular formula is C14H8FNO3. The molecule has 2 aromatic heterocycles. The van der Waals surface area contributed by atoms with Crippen molar-refractivity contribution in [2.45, 2.75) is 0 Å². The van der Waals surface area contributed by atoms with Crippen molar-refractivity contribution in [2.24, 2.45) is 0 Å². The number of nitrogens with one attached hydrogen (secondary N) is 1. The SMILES string of the molecule is O=Cc1ccc(-c2ccc3c(F)c[nH]c(=O)c3c2)o1. The molecule has 0 saturated heterocycles. The Morgan fingerprint density at radius 3 is 2.74 bits per heavy atom. The van der Waals surface area contributed by atoms with Gasteiger partial charge in [-0.2, -0.15) is 0 Å². The van der Waals surface area contributed by atoms with Crippen LogP contribution in [0.15, 0.2) is 45.7 Å². The topological polar surface area (TPSA) is 63.1 Å². The molecule has 1 aromatic carbocycles. The zero-order chi connectivity index (χ0) is 13.4. The predicted molar refractivity (Wildman–Crippen MR) is 67.6 cm³/mol. The number of carbonyl (C=O) groups excluding carboxylic acids is 1. The quantitative estimate of drug-likeness (QED) is 0.718. The maximum Gasteiger partial charge on any atom is 0.256 e. The largest absolute Gasteiger partial charge is 0.453 e. The Kier molecular flexibility index (Phi) is 2.52. The van der Waals surface area contributed by atoms with E-state index in [0.717, 1.165) is 6.20 Å². The fourth-order valence-electron chi connectivity index (χ4n) is 1.95. The molecule has 19 heavy (non-hydrogen) atoms. The van der Waals surface area contributed by atoms with Crippen LogP contribution in [0.25, 0.3) is 22.1 Å². The number of hydrogen-bond donors (Lipinski definition) is 1. The Hall–Kier alpha value is -2.69. The van der Waals surface area contributed by atoms with Crippen LogP contribution in [-0.2, 0) is 0 Å². The van der Waals surface area contributed by atoms with Crippen molar-refractivity contribution >= 4 is 17.1 Å². The van der Waals surface area contributed by atoms with Gasteiger partial charge in [0.1, 0.15) is 11.6 Å². The number of benzene rings is 1. The third-order valence-corrected chi connectivity index (χ3v) is 2.88. The number of pyridine rings is 1. The molecule has 3 aromatic rings. The van der Waals surface area contributed by atoms with E-state index in [1.807, 2.05) is 0 Å². The van der Waals surface area contributed by atoms with Crippen LogP contribution in [0, 0.1) is 5.82 Å². The Labute approximate surface area is 106 Å². The smallest absolute Gasteiger partial charge is 0.256 e. The third kappa shape index (κ3) is 1.85. The van der Waals surface area contributed by atoms with E-state index in [2.05, 4.69) is 4.98 Å². The van der Waals surface area contributed by atoms with Crippen LogP contribution in [0.2, 0.25) is 0 Å². The molecular weight excluding hydrogens is 249 g/mol. The summed E-state index contributed by atoms with van der Waals surface area (Å²) >= 11 is 0. The van der Waals surface area contributed by atoms with Crippen molar-refractivity contribution in [3.63, 3.8) is 0 Å². The number of furan rings is 1. The van der Waals surface area contributed by atoms with Gasteiger partial charge >= 0.3 is 0 Å². The van der Waals surface area contributed by atoms with Gasteiger partial charge in [0.2, 0.25) is 0 Å². The second-order valence-corrected chi connectivity index (χ2v) is 4.05. The highest BCUT2D eigenvalue weighted by Crippen LogP contribution is 2.25. The molecule has 0 unspecified atom stereocenters. The van der Waals surface area contributed by atoms with Crippen LogP contribution in [0.4, 0.5) is 4.39 Å². The minimum absolute atomic E-state index is 0.197. The molecule has 94 valence electrons. The molecule has 0 radical (unpaired) electrons. The normalized spacial score (nSPS) is 10.8. The highest BCUT2D eigenvalue weighted by Gasteiger charge is 2.09. The summed E-state index contributed by atoms with van der Waals surface area (Å²) < 4.78 is 18.8. The Morgan fingerprint density at radius 2 is 2.00 bits per heavy atom. The summed E-state index contributed by atoms with van der Waals surface area (Å²) in [4.78, 5) is 24.6. The molecule has 0 fully saturated rings. The fourth-order valence-corrected chi connectivity index (χ4v) is 1.95. The van der Waals surface area contributed by atoms with E-state index in [0.29, 0.717) is 17.6 Å². The second-order valence-electron chi connectivity index (χ2n) is 4.05. The Morgan fingerprint density at radius 1 is 1.16 bits per heavy atom. The van der Waals surface area contributed by atoms with Crippen LogP contribution in [0.3, 0.4) is 0 Å². The molecule has 0 spiro atoms. The van der Waals surface area contributed by atoms with Crippen LogP contribution >= 0.6 is 0 Å². The zero-order valence-electron chi connectivity index (χ0n) is 9.64. The number of hydrogen-bond acceptors (Lipinski definition) is 3. The summed E-state index contributed by atoms with van der Waals surface area (Å²) in [7, 11) is 0. The van der Waals surface area contributed by atoms with Gasteiger partial charge in [0.05, 0.1) is 5.39 Å². The Balaban J connectivity index is 2.24. The van der Waals surface area contributed by atoms with E-state index in [1.165, 1.54) is 18.2 Å². The number of halogens is 1. The van der Waals surface area contributed by atoms with Gasteiger partial charge in [-0.3, -0.25) is 9.59 Å². The van der Waals surface area contributed by atoms with E-state index >= 15 is 0 Å². The molecule has 0 aliphatic rings. The van der Waals surface area contributed by atoms with Crippen molar-refractivity contribution < 1.29 is 13.6 Å². The highest BCUT2D eigenvalue weighted by atomic mass is 19.1. The molecule has 0 amide bonds. The third-order valence-electron chi connectivity index (χ3n) is 2.88. The van der Waals surface area contributed by atoms with Gasteiger partial charge < -0.3 is 9.40 Å². The molecule has 1 N–H and O–H groups in total. The van der Waals surface area contributed by atoms with Crippen LogP contribution in [0.5, 0.6) is 0 Å². The lowest BCUT2D eigenvalue weighted by Gasteiger charge is -2.01. The molecule has 2 heterocycles. The van der Waals surface area contributed by atoms with Gasteiger partial charge in [-0.25, -0.2) is 4.39 Å². The monoisotopic (exact) mass is 257 g/mol. The number of H-pyrrole nitrogens is 1. The van der Waals surface area contributed by atoms with Crippen molar-refractivity contribution in [2.75, 3.05) is 0 Å². The first-order valence-electron chi connectivity index (χ1n) is 5.55. The van der Waals surface area contributed by atoms with Gasteiger partial charge in [0, 0.05) is 17.1 Å². The molecule has 0 aliphatic heterocycles. The van der Waals surface area contributed by atoms with Crippen LogP contribution < -0.4 is 5.56 Å². The molecule has 5 heteroatoms. The van der Waals surface area contributed by atoms with Crippen molar-refractivity contribution in [3.8, 4) is 11.3 Å². The predicted octanol–water partition coefficient (Wildman–Crippen LogP) is 2.74. The van der Waals surface area contributed by atoms with Crippen LogP contribution in [-0.4, -0.2) is 11.3 Å². The summed E-state index contributed by atoms with van der Waals surface area (Å²) in [5, 5.41) is 0.483. The molecule has 3 rings (SSSR count). The van der Waals surface area contributed by atoms with Crippen molar-refractivity contribution in [3.05, 3.63) is 58.5 Å². The van der Waals surface area contributed by atoms with Crippen LogP contribution in [0.1, 0.15) is 10.6 Å². The first kappa shape index (κ1) is 11.4. The number of carbonyl (C=O) groups is 1. The van der Waals surface area contributed by atoms with E-state index in [-0.39, 0.29) is 22.1 Å². The van der Waals surface area contributed by atoms with E-state index in [9.17, 15) is 14.0 Å². The minimum Gasteiger partial charge on any atom is -0.453 e. The average Bonchev–Trinajstić information content (AvgIpc) is 2.91. The standard InChI is InChI=1S/C14H8FNO3/c15-12-6-16-14(18)11-5-8(1-3-10(11)12)13-4-2-9(7-17)19-13/h1-7H,(H,16,18). The lowest BCUT2D eigenvalue weighted by atomic mass is 10.1. The summed E-state index contributed by atoms with van der Waals surface area (Å²) in [6, 6.07) is 7.84. The lowest BCUT2D eigenvalue weighted by molar-refractivity contribution is 0.110. The van der Waals surface area contributed by atoms with Gasteiger partial charge in [-0.15, -0.1) is 0 Å². The fraction of sp³-hybridized carbons (Fsp3) is 0. The average molecular weight is 257 g/mol. The summed E-state index contributed by atoms with van der Waals surface area (Å²) in [6.45, 7) is 0. The Bertz CT molecular complexity index is 832. The summed E-state index contributed by atoms with van der Waals surface area (Å²) in [5.74, 6) is 0.157. The van der Waals surface area contributed by atoms with E-state index in [1.54, 1.807) is 12.1 Å². The minimum atomic E-state index is -0.492. The molecule has 0 aliphatic carbocycles. The molecule has 0 atom stereocenters. The van der Waals surface area contributed by atoms with Crippen molar-refractivity contribution in [1.82, 2.24) is 4.98 Å². The summed E-state index contributed by atoms with van der Waals surface area (Å²) in [6.07, 6.45) is 1.62.